The number of anilines is 1. The fourth-order valence-electron chi connectivity index (χ4n) is 1.81. The second-order valence-electron chi connectivity index (χ2n) is 4.63. The first-order chi connectivity index (χ1) is 11.0. The topological polar surface area (TPSA) is 85.1 Å². The molecule has 0 saturated heterocycles. The van der Waals surface area contributed by atoms with Gasteiger partial charge in [0.15, 0.2) is 0 Å². The molecule has 0 fully saturated rings. The Kier molecular flexibility index (Phi) is 4.38. The molecule has 2 heterocycles. The minimum absolute atomic E-state index is 0.172. The maximum Gasteiger partial charge on any atom is 0.271 e. The standard InChI is InChI=1S/C14H12ClN3O3S2/c1-2-12-16-14(17-21-12)9-7-13(22-8-9)23(19,20)18-11-5-3-10(15)4-6-11/h3-8,18H,2H2,1H3. The number of halogens is 1. The molecular formula is C14H12ClN3O3S2. The van der Waals surface area contributed by atoms with Gasteiger partial charge in [0.25, 0.3) is 10.0 Å². The molecule has 0 aliphatic rings. The minimum atomic E-state index is -3.67. The van der Waals surface area contributed by atoms with Gasteiger partial charge in [-0.1, -0.05) is 23.7 Å². The summed E-state index contributed by atoms with van der Waals surface area (Å²) in [7, 11) is -3.67. The number of nitrogens with one attached hydrogen (secondary N) is 1. The van der Waals surface area contributed by atoms with Gasteiger partial charge < -0.3 is 4.52 Å². The fraction of sp³-hybridized carbons (Fsp3) is 0.143. The van der Waals surface area contributed by atoms with Crippen LogP contribution in [0, 0.1) is 0 Å². The van der Waals surface area contributed by atoms with Crippen LogP contribution in [-0.4, -0.2) is 18.6 Å². The van der Waals surface area contributed by atoms with Gasteiger partial charge in [-0.25, -0.2) is 8.42 Å². The Bertz CT molecular complexity index is 917. The van der Waals surface area contributed by atoms with Gasteiger partial charge >= 0.3 is 0 Å². The van der Waals surface area contributed by atoms with Crippen LogP contribution >= 0.6 is 22.9 Å². The van der Waals surface area contributed by atoms with Crippen molar-refractivity contribution in [3.63, 3.8) is 0 Å². The summed E-state index contributed by atoms with van der Waals surface area (Å²) in [5.41, 5.74) is 1.05. The van der Waals surface area contributed by atoms with Crippen molar-refractivity contribution in [1.29, 1.82) is 0 Å². The Morgan fingerprint density at radius 1 is 1.30 bits per heavy atom. The van der Waals surface area contributed by atoms with Crippen molar-refractivity contribution in [3.8, 4) is 11.4 Å². The molecule has 6 nitrogen and oxygen atoms in total. The smallest absolute Gasteiger partial charge is 0.271 e. The van der Waals surface area contributed by atoms with Gasteiger partial charge in [-0.2, -0.15) is 4.98 Å². The molecule has 0 aliphatic heterocycles. The third kappa shape index (κ3) is 3.54. The molecule has 0 unspecified atom stereocenters. The van der Waals surface area contributed by atoms with Gasteiger partial charge in [0.05, 0.1) is 0 Å². The third-order valence-electron chi connectivity index (χ3n) is 2.97. The van der Waals surface area contributed by atoms with E-state index in [1.165, 1.54) is 6.07 Å². The predicted octanol–water partition coefficient (Wildman–Crippen LogP) is 3.81. The van der Waals surface area contributed by atoms with Crippen LogP contribution < -0.4 is 4.72 Å². The summed E-state index contributed by atoms with van der Waals surface area (Å²) < 4.78 is 32.5. The highest BCUT2D eigenvalue weighted by molar-refractivity contribution is 7.94. The van der Waals surface area contributed by atoms with Gasteiger partial charge in [0.1, 0.15) is 4.21 Å². The lowest BCUT2D eigenvalue weighted by Gasteiger charge is -2.05. The van der Waals surface area contributed by atoms with Crippen molar-refractivity contribution in [2.24, 2.45) is 0 Å². The Morgan fingerprint density at radius 3 is 2.70 bits per heavy atom. The van der Waals surface area contributed by atoms with E-state index in [2.05, 4.69) is 14.9 Å². The molecule has 0 spiro atoms. The van der Waals surface area contributed by atoms with Crippen LogP contribution in [0.15, 0.2) is 44.4 Å². The third-order valence-corrected chi connectivity index (χ3v) is 6.04. The number of rotatable bonds is 5. The SMILES string of the molecule is CCc1nc(-c2csc(S(=O)(=O)Nc3ccc(Cl)cc3)c2)no1. The summed E-state index contributed by atoms with van der Waals surface area (Å²) in [6.07, 6.45) is 0.625. The number of aryl methyl sites for hydroxylation is 1. The number of thiophene rings is 1. The van der Waals surface area contributed by atoms with E-state index in [0.29, 0.717) is 34.4 Å². The molecule has 0 atom stereocenters. The van der Waals surface area contributed by atoms with Crippen LogP contribution in [0.1, 0.15) is 12.8 Å². The van der Waals surface area contributed by atoms with E-state index >= 15 is 0 Å². The lowest BCUT2D eigenvalue weighted by molar-refractivity contribution is 0.383. The van der Waals surface area contributed by atoms with Crippen LogP contribution in [-0.2, 0) is 16.4 Å². The molecule has 3 rings (SSSR count). The number of benzene rings is 1. The number of hydrogen-bond donors (Lipinski definition) is 1. The van der Waals surface area contributed by atoms with Gasteiger partial charge in [-0.3, -0.25) is 4.72 Å². The van der Waals surface area contributed by atoms with Gasteiger partial charge in [-0.05, 0) is 30.3 Å². The van der Waals surface area contributed by atoms with E-state index in [9.17, 15) is 8.42 Å². The maximum atomic E-state index is 12.4. The fourth-order valence-corrected chi connectivity index (χ4v) is 4.16. The summed E-state index contributed by atoms with van der Waals surface area (Å²) in [5, 5.41) is 6.06. The number of sulfonamides is 1. The van der Waals surface area contributed by atoms with Crippen LogP contribution in [0.5, 0.6) is 0 Å². The van der Waals surface area contributed by atoms with Gasteiger partial charge in [0, 0.05) is 28.1 Å². The average Bonchev–Trinajstić information content (AvgIpc) is 3.18. The Morgan fingerprint density at radius 2 is 2.04 bits per heavy atom. The van der Waals surface area contributed by atoms with E-state index in [-0.39, 0.29) is 4.21 Å². The summed E-state index contributed by atoms with van der Waals surface area (Å²) in [6, 6.07) is 7.95. The zero-order valence-electron chi connectivity index (χ0n) is 12.0. The predicted molar refractivity (Wildman–Crippen MR) is 89.2 cm³/mol. The van der Waals surface area contributed by atoms with Crippen LogP contribution in [0.2, 0.25) is 5.02 Å². The van der Waals surface area contributed by atoms with Crippen LogP contribution in [0.3, 0.4) is 0 Å². The van der Waals surface area contributed by atoms with E-state index in [1.807, 2.05) is 6.92 Å². The van der Waals surface area contributed by atoms with E-state index in [1.54, 1.807) is 29.6 Å². The number of nitrogens with zero attached hydrogens (tertiary/aromatic N) is 2. The van der Waals surface area contributed by atoms with E-state index < -0.39 is 10.0 Å². The molecule has 9 heteroatoms. The van der Waals surface area contributed by atoms with Crippen molar-refractivity contribution in [3.05, 3.63) is 46.6 Å². The Labute approximate surface area is 142 Å². The van der Waals surface area contributed by atoms with Crippen molar-refractivity contribution in [2.45, 2.75) is 17.6 Å². The largest absolute Gasteiger partial charge is 0.339 e. The first kappa shape index (κ1) is 16.0. The van der Waals surface area contributed by atoms with Crippen molar-refractivity contribution >= 4 is 38.6 Å². The Hall–Kier alpha value is -1.90. The molecule has 120 valence electrons. The molecule has 0 bridgehead atoms. The molecule has 3 aromatic rings. The van der Waals surface area contributed by atoms with Crippen molar-refractivity contribution in [2.75, 3.05) is 4.72 Å². The molecule has 1 aromatic carbocycles. The molecule has 0 aliphatic carbocycles. The lowest BCUT2D eigenvalue weighted by atomic mass is 10.3. The van der Waals surface area contributed by atoms with Crippen molar-refractivity contribution < 1.29 is 12.9 Å². The zero-order chi connectivity index (χ0) is 16.4. The molecule has 23 heavy (non-hydrogen) atoms. The summed E-state index contributed by atoms with van der Waals surface area (Å²) in [6.45, 7) is 1.90. The quantitative estimate of drug-likeness (QED) is 0.739. The first-order valence-corrected chi connectivity index (χ1v) is 9.42. The molecule has 0 amide bonds. The molecule has 0 saturated carbocycles. The molecule has 2 aromatic heterocycles. The van der Waals surface area contributed by atoms with Crippen molar-refractivity contribution in [1.82, 2.24) is 10.1 Å². The van der Waals surface area contributed by atoms with E-state index in [0.717, 1.165) is 11.3 Å². The van der Waals surface area contributed by atoms with Gasteiger partial charge in [0.2, 0.25) is 11.7 Å². The molecule has 1 N–H and O–H groups in total. The molecular weight excluding hydrogens is 358 g/mol. The maximum absolute atomic E-state index is 12.4. The summed E-state index contributed by atoms with van der Waals surface area (Å²) in [4.78, 5) is 4.19. The molecule has 0 radical (unpaired) electrons. The number of aromatic nitrogens is 2. The van der Waals surface area contributed by atoms with Crippen LogP contribution in [0.25, 0.3) is 11.4 Å². The van der Waals surface area contributed by atoms with Crippen LogP contribution in [0.4, 0.5) is 5.69 Å². The Balaban J connectivity index is 1.84. The minimum Gasteiger partial charge on any atom is -0.339 e. The van der Waals surface area contributed by atoms with E-state index in [4.69, 9.17) is 16.1 Å². The monoisotopic (exact) mass is 369 g/mol. The normalized spacial score (nSPS) is 11.6. The number of hydrogen-bond acceptors (Lipinski definition) is 6. The first-order valence-electron chi connectivity index (χ1n) is 6.68. The highest BCUT2D eigenvalue weighted by Gasteiger charge is 2.19. The second-order valence-corrected chi connectivity index (χ2v) is 7.89. The zero-order valence-corrected chi connectivity index (χ0v) is 14.4. The second kappa shape index (κ2) is 6.31. The highest BCUT2D eigenvalue weighted by Crippen LogP contribution is 2.28. The average molecular weight is 370 g/mol. The summed E-state index contributed by atoms with van der Waals surface area (Å²) >= 11 is 6.88. The lowest BCUT2D eigenvalue weighted by Crippen LogP contribution is -2.11. The highest BCUT2D eigenvalue weighted by atomic mass is 35.5. The van der Waals surface area contributed by atoms with Gasteiger partial charge in [-0.15, -0.1) is 11.3 Å². The summed E-state index contributed by atoms with van der Waals surface area (Å²) in [5.74, 6) is 0.890.